The van der Waals surface area contributed by atoms with Crippen molar-refractivity contribution in [3.8, 4) is 0 Å². The Bertz CT molecular complexity index is 338. The van der Waals surface area contributed by atoms with E-state index in [-0.39, 0.29) is 5.78 Å². The molecule has 15 heavy (non-hydrogen) atoms. The van der Waals surface area contributed by atoms with Crippen LogP contribution in [0.1, 0.15) is 30.6 Å². The molecule has 0 fully saturated rings. The highest BCUT2D eigenvalue weighted by molar-refractivity contribution is 6.01. The predicted molar refractivity (Wildman–Crippen MR) is 60.7 cm³/mol. The van der Waals surface area contributed by atoms with Crippen molar-refractivity contribution in [2.45, 2.75) is 26.3 Å². The van der Waals surface area contributed by atoms with E-state index < -0.39 is 0 Å². The van der Waals surface area contributed by atoms with Gasteiger partial charge in [0.2, 0.25) is 0 Å². The number of carbonyl (C=O) groups is 1. The normalized spacial score (nSPS) is 12.4. The van der Waals surface area contributed by atoms with Crippen molar-refractivity contribution in [3.63, 3.8) is 0 Å². The minimum absolute atomic E-state index is 0.0131. The van der Waals surface area contributed by atoms with Crippen molar-refractivity contribution in [3.05, 3.63) is 23.9 Å². The Balaban J connectivity index is 2.58. The van der Waals surface area contributed by atoms with Crippen LogP contribution in [-0.4, -0.2) is 23.4 Å². The van der Waals surface area contributed by atoms with Gasteiger partial charge in [-0.25, -0.2) is 4.98 Å². The number of hydrogen-bond acceptors (Lipinski definition) is 4. The zero-order valence-electron chi connectivity index (χ0n) is 9.16. The highest BCUT2D eigenvalue weighted by atomic mass is 16.1. The smallest absolute Gasteiger partial charge is 0.180 e. The summed E-state index contributed by atoms with van der Waals surface area (Å²) in [5, 5.41) is 3.12. The number of Topliss-reactive ketones (excluding diaryl/α,β-unsaturated/α-hetero) is 1. The molecular formula is C11H17N3O. The van der Waals surface area contributed by atoms with E-state index in [1.165, 1.54) is 0 Å². The topological polar surface area (TPSA) is 68.0 Å². The number of hydrogen-bond donors (Lipinski definition) is 2. The van der Waals surface area contributed by atoms with Crippen LogP contribution >= 0.6 is 0 Å². The molecule has 0 saturated heterocycles. The van der Waals surface area contributed by atoms with Gasteiger partial charge in [0.25, 0.3) is 0 Å². The van der Waals surface area contributed by atoms with Crippen molar-refractivity contribution in [1.29, 1.82) is 0 Å². The maximum atomic E-state index is 11.7. The number of nitrogen functional groups attached to an aromatic ring is 1. The predicted octanol–water partition coefficient (Wildman–Crippen LogP) is 1.23. The van der Waals surface area contributed by atoms with Crippen LogP contribution in [0.2, 0.25) is 0 Å². The summed E-state index contributed by atoms with van der Waals surface area (Å²) < 4.78 is 0. The zero-order valence-corrected chi connectivity index (χ0v) is 9.16. The molecule has 4 nitrogen and oxygen atoms in total. The number of rotatable bonds is 5. The summed E-state index contributed by atoms with van der Waals surface area (Å²) in [5.74, 6) is 0.286. The Labute approximate surface area is 89.9 Å². The number of nitrogens with zero attached hydrogens (tertiary/aromatic N) is 1. The Morgan fingerprint density at radius 1 is 1.67 bits per heavy atom. The van der Waals surface area contributed by atoms with Crippen molar-refractivity contribution < 1.29 is 4.79 Å². The number of pyridine rings is 1. The molecule has 1 atom stereocenters. The van der Waals surface area contributed by atoms with Gasteiger partial charge in [-0.2, -0.15) is 0 Å². The molecule has 0 aliphatic carbocycles. The van der Waals surface area contributed by atoms with Gasteiger partial charge in [-0.1, -0.05) is 6.92 Å². The van der Waals surface area contributed by atoms with Crippen LogP contribution in [0, 0.1) is 0 Å². The lowest BCUT2D eigenvalue weighted by atomic mass is 10.1. The average Bonchev–Trinajstić information content (AvgIpc) is 2.26. The largest absolute Gasteiger partial charge is 0.383 e. The van der Waals surface area contributed by atoms with Gasteiger partial charge in [0, 0.05) is 12.2 Å². The van der Waals surface area contributed by atoms with Crippen molar-refractivity contribution in [2.24, 2.45) is 0 Å². The van der Waals surface area contributed by atoms with Gasteiger partial charge in [0.15, 0.2) is 5.78 Å². The van der Waals surface area contributed by atoms with Gasteiger partial charge in [0.1, 0.15) is 5.82 Å². The number of ketones is 1. The van der Waals surface area contributed by atoms with Crippen molar-refractivity contribution in [1.82, 2.24) is 10.3 Å². The minimum atomic E-state index is -0.0131. The molecule has 0 amide bonds. The molecule has 0 aliphatic rings. The van der Waals surface area contributed by atoms with Crippen molar-refractivity contribution in [2.75, 3.05) is 12.3 Å². The van der Waals surface area contributed by atoms with E-state index in [0.29, 0.717) is 24.0 Å². The molecule has 0 saturated carbocycles. The number of nitrogens with two attached hydrogens (primary N) is 1. The number of anilines is 1. The Kier molecular flexibility index (Phi) is 4.24. The zero-order chi connectivity index (χ0) is 11.3. The molecule has 0 aliphatic heterocycles. The number of aromatic nitrogens is 1. The Morgan fingerprint density at radius 3 is 3.00 bits per heavy atom. The second kappa shape index (κ2) is 5.46. The van der Waals surface area contributed by atoms with Crippen LogP contribution in [0.25, 0.3) is 0 Å². The van der Waals surface area contributed by atoms with E-state index in [0.717, 1.165) is 6.42 Å². The standard InChI is InChI=1S/C11H17N3O/c1-3-8(2)14-7-10(15)9-5-4-6-13-11(9)12/h4-6,8,14H,3,7H2,1-2H3,(H2,12,13). The summed E-state index contributed by atoms with van der Waals surface area (Å²) in [7, 11) is 0. The first-order valence-electron chi connectivity index (χ1n) is 5.12. The fourth-order valence-electron chi connectivity index (χ4n) is 1.16. The highest BCUT2D eigenvalue weighted by Gasteiger charge is 2.10. The monoisotopic (exact) mass is 207 g/mol. The summed E-state index contributed by atoms with van der Waals surface area (Å²) in [4.78, 5) is 15.6. The minimum Gasteiger partial charge on any atom is -0.383 e. The summed E-state index contributed by atoms with van der Waals surface area (Å²) in [6.07, 6.45) is 2.57. The fraction of sp³-hybridized carbons (Fsp3) is 0.455. The lowest BCUT2D eigenvalue weighted by molar-refractivity contribution is 0.0988. The summed E-state index contributed by atoms with van der Waals surface area (Å²) >= 11 is 0. The van der Waals surface area contributed by atoms with Gasteiger partial charge >= 0.3 is 0 Å². The maximum Gasteiger partial charge on any atom is 0.180 e. The molecule has 1 heterocycles. The molecule has 1 unspecified atom stereocenters. The third-order valence-corrected chi connectivity index (χ3v) is 2.36. The van der Waals surface area contributed by atoms with Crippen LogP contribution < -0.4 is 11.1 Å². The van der Waals surface area contributed by atoms with Crippen LogP contribution in [-0.2, 0) is 0 Å². The Morgan fingerprint density at radius 2 is 2.40 bits per heavy atom. The molecule has 0 aromatic carbocycles. The van der Waals surface area contributed by atoms with Gasteiger partial charge in [0.05, 0.1) is 12.1 Å². The third-order valence-electron chi connectivity index (χ3n) is 2.36. The molecule has 3 N–H and O–H groups in total. The molecule has 82 valence electrons. The molecular weight excluding hydrogens is 190 g/mol. The van der Waals surface area contributed by atoms with Gasteiger partial charge in [-0.3, -0.25) is 4.79 Å². The van der Waals surface area contributed by atoms with Crippen LogP contribution in [0.4, 0.5) is 5.82 Å². The molecule has 0 radical (unpaired) electrons. The van der Waals surface area contributed by atoms with E-state index in [4.69, 9.17) is 5.73 Å². The third kappa shape index (κ3) is 3.32. The molecule has 1 aromatic heterocycles. The molecule has 0 spiro atoms. The van der Waals surface area contributed by atoms with E-state index in [1.54, 1.807) is 18.3 Å². The lowest BCUT2D eigenvalue weighted by Gasteiger charge is -2.10. The van der Waals surface area contributed by atoms with Crippen LogP contribution in [0.5, 0.6) is 0 Å². The van der Waals surface area contributed by atoms with Gasteiger partial charge in [-0.05, 0) is 25.5 Å². The SMILES string of the molecule is CCC(C)NCC(=O)c1cccnc1N. The number of carbonyl (C=O) groups excluding carboxylic acids is 1. The van der Waals surface area contributed by atoms with Crippen LogP contribution in [0.15, 0.2) is 18.3 Å². The first-order valence-corrected chi connectivity index (χ1v) is 5.12. The summed E-state index contributed by atoms with van der Waals surface area (Å²) in [5.41, 5.74) is 6.09. The second-order valence-electron chi connectivity index (χ2n) is 3.55. The van der Waals surface area contributed by atoms with E-state index in [1.807, 2.05) is 6.92 Å². The first-order chi connectivity index (χ1) is 7.15. The van der Waals surface area contributed by atoms with E-state index in [2.05, 4.69) is 17.2 Å². The fourth-order valence-corrected chi connectivity index (χ4v) is 1.16. The highest BCUT2D eigenvalue weighted by Crippen LogP contribution is 2.07. The molecule has 1 aromatic rings. The lowest BCUT2D eigenvalue weighted by Crippen LogP contribution is -2.31. The molecule has 4 heteroatoms. The number of nitrogens with one attached hydrogen (secondary N) is 1. The summed E-state index contributed by atoms with van der Waals surface area (Å²) in [6, 6.07) is 3.75. The van der Waals surface area contributed by atoms with Crippen LogP contribution in [0.3, 0.4) is 0 Å². The van der Waals surface area contributed by atoms with E-state index >= 15 is 0 Å². The van der Waals surface area contributed by atoms with Gasteiger partial charge in [-0.15, -0.1) is 0 Å². The van der Waals surface area contributed by atoms with E-state index in [9.17, 15) is 4.79 Å². The molecule has 0 bridgehead atoms. The quantitative estimate of drug-likeness (QED) is 0.713. The van der Waals surface area contributed by atoms with Gasteiger partial charge < -0.3 is 11.1 Å². The maximum absolute atomic E-state index is 11.7. The van der Waals surface area contributed by atoms with Crippen molar-refractivity contribution >= 4 is 11.6 Å². The first kappa shape index (κ1) is 11.7. The summed E-state index contributed by atoms with van der Waals surface area (Å²) in [6.45, 7) is 4.42. The Hall–Kier alpha value is -1.42. The molecule has 1 rings (SSSR count). The average molecular weight is 207 g/mol. The second-order valence-corrected chi connectivity index (χ2v) is 3.55.